The molecule has 1 amide bonds. The Morgan fingerprint density at radius 1 is 1.23 bits per heavy atom. The number of carbonyl (C=O) groups excluding carboxylic acids is 1. The largest absolute Gasteiger partial charge is 0.484 e. The fourth-order valence-electron chi connectivity index (χ4n) is 2.72. The molecule has 4 rings (SSSR count). The van der Waals surface area contributed by atoms with Gasteiger partial charge in [0.1, 0.15) is 11.4 Å². The lowest BCUT2D eigenvalue weighted by molar-refractivity contribution is -0.123. The van der Waals surface area contributed by atoms with E-state index in [-0.39, 0.29) is 6.61 Å². The van der Waals surface area contributed by atoms with Crippen LogP contribution in [0.5, 0.6) is 5.75 Å². The van der Waals surface area contributed by atoms with E-state index < -0.39 is 5.91 Å². The molecule has 30 heavy (non-hydrogen) atoms. The van der Waals surface area contributed by atoms with E-state index in [2.05, 4.69) is 21.6 Å². The predicted molar refractivity (Wildman–Crippen MR) is 116 cm³/mol. The molecule has 0 aliphatic heterocycles. The van der Waals surface area contributed by atoms with E-state index in [0.29, 0.717) is 22.2 Å². The Bertz CT molecular complexity index is 1250. The van der Waals surface area contributed by atoms with Crippen LogP contribution in [-0.2, 0) is 4.79 Å². The van der Waals surface area contributed by atoms with Crippen molar-refractivity contribution in [2.24, 2.45) is 5.10 Å². The molecule has 0 unspecified atom stereocenters. The van der Waals surface area contributed by atoms with Crippen LogP contribution >= 0.6 is 22.9 Å². The number of rotatable bonds is 6. The van der Waals surface area contributed by atoms with E-state index >= 15 is 0 Å². The molecule has 1 N–H and O–H groups in total. The third-order valence-electron chi connectivity index (χ3n) is 4.20. The molecule has 7 nitrogen and oxygen atoms in total. The maximum atomic E-state index is 12.0. The minimum Gasteiger partial charge on any atom is -0.484 e. The van der Waals surface area contributed by atoms with Gasteiger partial charge < -0.3 is 4.74 Å². The number of nitrogens with one attached hydrogen (secondary N) is 1. The molecule has 0 saturated carbocycles. The summed E-state index contributed by atoms with van der Waals surface area (Å²) in [4.78, 5) is 16.9. The third-order valence-corrected chi connectivity index (χ3v) is 5.24. The first-order valence-electron chi connectivity index (χ1n) is 8.80. The van der Waals surface area contributed by atoms with Gasteiger partial charge in [0.15, 0.2) is 16.7 Å². The number of hydrazone groups is 1. The van der Waals surface area contributed by atoms with Crippen LogP contribution in [0.15, 0.2) is 65.2 Å². The zero-order valence-electron chi connectivity index (χ0n) is 15.4. The summed E-state index contributed by atoms with van der Waals surface area (Å²) in [5.41, 5.74) is 5.59. The van der Waals surface area contributed by atoms with Crippen LogP contribution in [0.1, 0.15) is 11.3 Å². The Kier molecular flexibility index (Phi) is 5.75. The highest BCUT2D eigenvalue weighted by Crippen LogP contribution is 2.23. The van der Waals surface area contributed by atoms with Gasteiger partial charge in [-0.3, -0.25) is 9.20 Å². The first kappa shape index (κ1) is 19.6. The van der Waals surface area contributed by atoms with Gasteiger partial charge in [-0.25, -0.2) is 10.4 Å². The van der Waals surface area contributed by atoms with Gasteiger partial charge in [-0.2, -0.15) is 10.4 Å². The third kappa shape index (κ3) is 4.33. The van der Waals surface area contributed by atoms with Gasteiger partial charge in [0.05, 0.1) is 17.8 Å². The zero-order chi connectivity index (χ0) is 20.9. The molecular formula is C21H14ClN5O2S. The number of hydrogen-bond acceptors (Lipinski definition) is 6. The Hall–Kier alpha value is -3.67. The second-order valence-corrected chi connectivity index (χ2v) is 7.37. The van der Waals surface area contributed by atoms with Gasteiger partial charge in [0.25, 0.3) is 5.91 Å². The second-order valence-electron chi connectivity index (χ2n) is 6.14. The fourth-order valence-corrected chi connectivity index (χ4v) is 3.71. The minimum atomic E-state index is -0.399. The topological polar surface area (TPSA) is 91.8 Å². The van der Waals surface area contributed by atoms with Crippen molar-refractivity contribution in [1.82, 2.24) is 14.8 Å². The molecular weight excluding hydrogens is 422 g/mol. The number of nitrogens with zero attached hydrogens (tertiary/aromatic N) is 4. The zero-order valence-corrected chi connectivity index (χ0v) is 17.0. The smallest absolute Gasteiger partial charge is 0.277 e. The van der Waals surface area contributed by atoms with Crippen LogP contribution in [0, 0.1) is 11.3 Å². The molecule has 2 aromatic heterocycles. The standard InChI is InChI=1S/C21H14ClN5O2S/c22-20-18(27-9-10-30-21(27)25-20)12-24-26-19(28)13-29-17-7-5-16(6-8-17)15-3-1-14(11-23)2-4-15/h1-10,12H,13H2,(H,26,28)/b24-12+. The van der Waals surface area contributed by atoms with Gasteiger partial charge in [0.2, 0.25) is 0 Å². The molecule has 0 atom stereocenters. The van der Waals surface area contributed by atoms with Gasteiger partial charge in [0, 0.05) is 11.6 Å². The number of nitriles is 1. The molecule has 0 fully saturated rings. The second kappa shape index (κ2) is 8.78. The van der Waals surface area contributed by atoms with E-state index in [0.717, 1.165) is 16.1 Å². The number of aromatic nitrogens is 2. The van der Waals surface area contributed by atoms with Crippen molar-refractivity contribution in [3.8, 4) is 22.9 Å². The Morgan fingerprint density at radius 2 is 1.93 bits per heavy atom. The van der Waals surface area contributed by atoms with Crippen molar-refractivity contribution in [3.63, 3.8) is 0 Å². The summed E-state index contributed by atoms with van der Waals surface area (Å²) in [7, 11) is 0. The first-order chi connectivity index (χ1) is 14.6. The monoisotopic (exact) mass is 435 g/mol. The number of halogens is 1. The molecule has 148 valence electrons. The van der Waals surface area contributed by atoms with Crippen molar-refractivity contribution in [2.75, 3.05) is 6.61 Å². The quantitative estimate of drug-likeness (QED) is 0.364. The number of thiazole rings is 1. The summed E-state index contributed by atoms with van der Waals surface area (Å²) >= 11 is 7.52. The van der Waals surface area contributed by atoms with Crippen LogP contribution in [0.3, 0.4) is 0 Å². The minimum absolute atomic E-state index is 0.179. The van der Waals surface area contributed by atoms with Gasteiger partial charge in [-0.1, -0.05) is 35.9 Å². The molecule has 0 bridgehead atoms. The van der Waals surface area contributed by atoms with E-state index in [1.165, 1.54) is 17.6 Å². The highest BCUT2D eigenvalue weighted by atomic mass is 35.5. The van der Waals surface area contributed by atoms with E-state index in [9.17, 15) is 4.79 Å². The Morgan fingerprint density at radius 3 is 2.63 bits per heavy atom. The SMILES string of the molecule is N#Cc1ccc(-c2ccc(OCC(=O)N/N=C/c3c(Cl)nc4sccn34)cc2)cc1. The van der Waals surface area contributed by atoms with Crippen molar-refractivity contribution in [3.05, 3.63) is 76.5 Å². The number of ether oxygens (including phenoxy) is 1. The summed E-state index contributed by atoms with van der Waals surface area (Å²) in [5, 5.41) is 15.0. The van der Waals surface area contributed by atoms with E-state index in [1.54, 1.807) is 28.7 Å². The number of benzene rings is 2. The lowest BCUT2D eigenvalue weighted by atomic mass is 10.0. The van der Waals surface area contributed by atoms with Crippen molar-refractivity contribution in [2.45, 2.75) is 0 Å². The molecule has 0 radical (unpaired) electrons. The summed E-state index contributed by atoms with van der Waals surface area (Å²) in [6, 6.07) is 16.7. The average Bonchev–Trinajstić information content (AvgIpc) is 3.34. The van der Waals surface area contributed by atoms with Crippen LogP contribution in [0.2, 0.25) is 5.15 Å². The van der Waals surface area contributed by atoms with Crippen molar-refractivity contribution >= 4 is 40.0 Å². The molecule has 0 aliphatic rings. The maximum Gasteiger partial charge on any atom is 0.277 e. The molecule has 2 heterocycles. The average molecular weight is 436 g/mol. The fraction of sp³-hybridized carbons (Fsp3) is 0.0476. The molecule has 2 aromatic carbocycles. The summed E-state index contributed by atoms with van der Waals surface area (Å²) in [5.74, 6) is 0.162. The van der Waals surface area contributed by atoms with Crippen LogP contribution in [-0.4, -0.2) is 28.1 Å². The first-order valence-corrected chi connectivity index (χ1v) is 10.1. The van der Waals surface area contributed by atoms with E-state index in [1.807, 2.05) is 35.8 Å². The summed E-state index contributed by atoms with van der Waals surface area (Å²) in [6.07, 6.45) is 3.27. The highest BCUT2D eigenvalue weighted by Gasteiger charge is 2.09. The van der Waals surface area contributed by atoms with Crippen LogP contribution < -0.4 is 10.2 Å². The Balaban J connectivity index is 1.31. The van der Waals surface area contributed by atoms with Gasteiger partial charge in [-0.15, -0.1) is 11.3 Å². The number of amides is 1. The van der Waals surface area contributed by atoms with Crippen LogP contribution in [0.25, 0.3) is 16.1 Å². The van der Waals surface area contributed by atoms with Crippen LogP contribution in [0.4, 0.5) is 0 Å². The van der Waals surface area contributed by atoms with Gasteiger partial charge in [-0.05, 0) is 35.4 Å². The van der Waals surface area contributed by atoms with E-state index in [4.69, 9.17) is 21.6 Å². The van der Waals surface area contributed by atoms with Crippen molar-refractivity contribution < 1.29 is 9.53 Å². The Labute approximate surface area is 180 Å². The van der Waals surface area contributed by atoms with Crippen molar-refractivity contribution in [1.29, 1.82) is 5.26 Å². The summed E-state index contributed by atoms with van der Waals surface area (Å²) in [6.45, 7) is -0.179. The maximum absolute atomic E-state index is 12.0. The number of imidazole rings is 1. The highest BCUT2D eigenvalue weighted by molar-refractivity contribution is 7.15. The number of carbonyl (C=O) groups is 1. The molecule has 0 aliphatic carbocycles. The molecule has 9 heteroatoms. The predicted octanol–water partition coefficient (Wildman–Crippen LogP) is 4.12. The van der Waals surface area contributed by atoms with Gasteiger partial charge >= 0.3 is 0 Å². The summed E-state index contributed by atoms with van der Waals surface area (Å²) < 4.78 is 7.28. The number of fused-ring (bicyclic) bond motifs is 1. The lowest BCUT2D eigenvalue weighted by Crippen LogP contribution is -2.24. The molecule has 4 aromatic rings. The number of hydrogen-bond donors (Lipinski definition) is 1. The molecule has 0 spiro atoms. The lowest BCUT2D eigenvalue weighted by Gasteiger charge is -2.07. The normalized spacial score (nSPS) is 10.9. The molecule has 0 saturated heterocycles.